The first-order valence-electron chi connectivity index (χ1n) is 5.43. The zero-order valence-electron chi connectivity index (χ0n) is 8.82. The highest BCUT2D eigenvalue weighted by molar-refractivity contribution is 4.94. The maximum absolute atomic E-state index is 3.40. The number of hydrogen-bond donors (Lipinski definition) is 1. The fourth-order valence-corrected chi connectivity index (χ4v) is 2.05. The molecule has 3 nitrogen and oxygen atoms in total. The van der Waals surface area contributed by atoms with E-state index in [1.165, 1.54) is 25.8 Å². The standard InChI is InChI=1S/C11H19N3/c1-13-7-3-2-6-11(13)10-12-14-8-4-5-9-14/h4-5,8-9,11-12H,2-3,6-7,10H2,1H3. The molecule has 1 fully saturated rings. The van der Waals surface area contributed by atoms with Crippen LogP contribution in [0.5, 0.6) is 0 Å². The maximum atomic E-state index is 3.40. The maximum Gasteiger partial charge on any atom is 0.0469 e. The summed E-state index contributed by atoms with van der Waals surface area (Å²) in [6, 6.07) is 4.78. The van der Waals surface area contributed by atoms with Crippen molar-refractivity contribution < 1.29 is 0 Å². The highest BCUT2D eigenvalue weighted by Crippen LogP contribution is 2.14. The highest BCUT2D eigenvalue weighted by atomic mass is 15.4. The molecule has 1 aliphatic heterocycles. The van der Waals surface area contributed by atoms with E-state index in [1.54, 1.807) is 0 Å². The number of nitrogens with one attached hydrogen (secondary N) is 1. The van der Waals surface area contributed by atoms with Gasteiger partial charge >= 0.3 is 0 Å². The lowest BCUT2D eigenvalue weighted by Crippen LogP contribution is -2.42. The molecule has 14 heavy (non-hydrogen) atoms. The van der Waals surface area contributed by atoms with Crippen molar-refractivity contribution >= 4 is 0 Å². The molecule has 1 atom stereocenters. The molecule has 0 saturated carbocycles. The summed E-state index contributed by atoms with van der Waals surface area (Å²) >= 11 is 0. The Kier molecular flexibility index (Phi) is 3.09. The molecule has 0 bridgehead atoms. The topological polar surface area (TPSA) is 20.2 Å². The molecule has 0 aromatic carbocycles. The lowest BCUT2D eigenvalue weighted by atomic mass is 10.0. The predicted molar refractivity (Wildman–Crippen MR) is 58.9 cm³/mol. The predicted octanol–water partition coefficient (Wildman–Crippen LogP) is 1.52. The minimum atomic E-state index is 0.700. The molecular formula is C11H19N3. The minimum absolute atomic E-state index is 0.700. The fraction of sp³-hybridized carbons (Fsp3) is 0.636. The Morgan fingerprint density at radius 1 is 1.29 bits per heavy atom. The summed E-state index contributed by atoms with van der Waals surface area (Å²) in [5.41, 5.74) is 3.40. The Hall–Kier alpha value is -0.960. The molecule has 78 valence electrons. The number of aromatic nitrogens is 1. The van der Waals surface area contributed by atoms with Crippen LogP contribution in [0.25, 0.3) is 0 Å². The van der Waals surface area contributed by atoms with Crippen LogP contribution in [0.15, 0.2) is 24.5 Å². The van der Waals surface area contributed by atoms with E-state index >= 15 is 0 Å². The molecule has 2 heterocycles. The van der Waals surface area contributed by atoms with E-state index in [4.69, 9.17) is 0 Å². The van der Waals surface area contributed by atoms with Crippen LogP contribution in [-0.4, -0.2) is 35.8 Å². The third kappa shape index (κ3) is 2.29. The van der Waals surface area contributed by atoms with Gasteiger partial charge in [-0.15, -0.1) is 0 Å². The van der Waals surface area contributed by atoms with Crippen molar-refractivity contribution in [3.8, 4) is 0 Å². The van der Waals surface area contributed by atoms with Gasteiger partial charge in [-0.1, -0.05) is 6.42 Å². The van der Waals surface area contributed by atoms with Crippen LogP contribution in [0.4, 0.5) is 0 Å². The quantitative estimate of drug-likeness (QED) is 0.785. The van der Waals surface area contributed by atoms with E-state index in [0.29, 0.717) is 6.04 Å². The first kappa shape index (κ1) is 9.59. The van der Waals surface area contributed by atoms with Crippen molar-refractivity contribution in [2.75, 3.05) is 25.6 Å². The molecular weight excluding hydrogens is 174 g/mol. The second kappa shape index (κ2) is 4.51. The summed E-state index contributed by atoms with van der Waals surface area (Å²) < 4.78 is 2.03. The number of likely N-dealkylation sites (tertiary alicyclic amines) is 1. The van der Waals surface area contributed by atoms with Crippen LogP contribution >= 0.6 is 0 Å². The Labute approximate surface area is 85.7 Å². The first-order valence-corrected chi connectivity index (χ1v) is 5.43. The van der Waals surface area contributed by atoms with Gasteiger partial charge in [0.05, 0.1) is 0 Å². The summed E-state index contributed by atoms with van der Waals surface area (Å²) in [6.45, 7) is 2.29. The SMILES string of the molecule is CN1CCCCC1CNn1cccc1. The van der Waals surface area contributed by atoms with Crippen molar-refractivity contribution in [3.63, 3.8) is 0 Å². The van der Waals surface area contributed by atoms with E-state index < -0.39 is 0 Å². The van der Waals surface area contributed by atoms with Gasteiger partial charge in [-0.05, 0) is 38.6 Å². The van der Waals surface area contributed by atoms with Crippen LogP contribution < -0.4 is 5.43 Å². The van der Waals surface area contributed by atoms with Crippen LogP contribution in [-0.2, 0) is 0 Å². The summed E-state index contributed by atoms with van der Waals surface area (Å²) in [5, 5.41) is 0. The molecule has 1 aromatic rings. The van der Waals surface area contributed by atoms with E-state index in [2.05, 4.69) is 17.4 Å². The van der Waals surface area contributed by atoms with Crippen molar-refractivity contribution in [2.24, 2.45) is 0 Å². The molecule has 0 amide bonds. The summed E-state index contributed by atoms with van der Waals surface area (Å²) in [5.74, 6) is 0. The van der Waals surface area contributed by atoms with Crippen molar-refractivity contribution in [3.05, 3.63) is 24.5 Å². The van der Waals surface area contributed by atoms with Crippen LogP contribution in [0.2, 0.25) is 0 Å². The zero-order valence-corrected chi connectivity index (χ0v) is 8.82. The average molecular weight is 193 g/mol. The van der Waals surface area contributed by atoms with Crippen molar-refractivity contribution in [2.45, 2.75) is 25.3 Å². The molecule has 0 aliphatic carbocycles. The van der Waals surface area contributed by atoms with E-state index in [0.717, 1.165) is 6.54 Å². The molecule has 1 aliphatic rings. The highest BCUT2D eigenvalue weighted by Gasteiger charge is 2.17. The van der Waals surface area contributed by atoms with Gasteiger partial charge in [-0.2, -0.15) is 0 Å². The Morgan fingerprint density at radius 2 is 2.07 bits per heavy atom. The minimum Gasteiger partial charge on any atom is -0.325 e. The fourth-order valence-electron chi connectivity index (χ4n) is 2.05. The van der Waals surface area contributed by atoms with Gasteiger partial charge in [0.1, 0.15) is 0 Å². The summed E-state index contributed by atoms with van der Waals surface area (Å²) in [4.78, 5) is 2.46. The molecule has 3 heteroatoms. The van der Waals surface area contributed by atoms with Gasteiger partial charge in [0.25, 0.3) is 0 Å². The van der Waals surface area contributed by atoms with Gasteiger partial charge in [0.15, 0.2) is 0 Å². The monoisotopic (exact) mass is 193 g/mol. The summed E-state index contributed by atoms with van der Waals surface area (Å²) in [7, 11) is 2.22. The number of nitrogens with zero attached hydrogens (tertiary/aromatic N) is 2. The lowest BCUT2D eigenvalue weighted by molar-refractivity contribution is 0.192. The number of rotatable bonds is 3. The number of hydrogen-bond acceptors (Lipinski definition) is 2. The van der Waals surface area contributed by atoms with Crippen LogP contribution in [0.1, 0.15) is 19.3 Å². The van der Waals surface area contributed by atoms with E-state index in [-0.39, 0.29) is 0 Å². The van der Waals surface area contributed by atoms with E-state index in [1.807, 2.05) is 29.2 Å². The Balaban J connectivity index is 1.79. The lowest BCUT2D eigenvalue weighted by Gasteiger charge is -2.32. The number of likely N-dealkylation sites (N-methyl/N-ethyl adjacent to an activating group) is 1. The molecule has 1 aromatic heterocycles. The molecule has 1 unspecified atom stereocenters. The van der Waals surface area contributed by atoms with Crippen molar-refractivity contribution in [1.82, 2.24) is 9.58 Å². The molecule has 0 radical (unpaired) electrons. The van der Waals surface area contributed by atoms with Crippen molar-refractivity contribution in [1.29, 1.82) is 0 Å². The van der Waals surface area contributed by atoms with E-state index in [9.17, 15) is 0 Å². The first-order chi connectivity index (χ1) is 6.86. The van der Waals surface area contributed by atoms with Gasteiger partial charge in [0, 0.05) is 25.0 Å². The van der Waals surface area contributed by atoms with Gasteiger partial charge in [0.2, 0.25) is 0 Å². The summed E-state index contributed by atoms with van der Waals surface area (Å²) in [6.07, 6.45) is 8.15. The average Bonchev–Trinajstić information content (AvgIpc) is 2.69. The second-order valence-electron chi connectivity index (χ2n) is 4.08. The van der Waals surface area contributed by atoms with Gasteiger partial charge in [-0.3, -0.25) is 4.68 Å². The molecule has 1 saturated heterocycles. The van der Waals surface area contributed by atoms with Crippen LogP contribution in [0, 0.1) is 0 Å². The molecule has 2 rings (SSSR count). The second-order valence-corrected chi connectivity index (χ2v) is 4.08. The Morgan fingerprint density at radius 3 is 2.79 bits per heavy atom. The third-order valence-electron chi connectivity index (χ3n) is 3.04. The zero-order chi connectivity index (χ0) is 9.80. The molecule has 0 spiro atoms. The van der Waals surface area contributed by atoms with Gasteiger partial charge < -0.3 is 10.3 Å². The number of piperidine rings is 1. The molecule has 1 N–H and O–H groups in total. The largest absolute Gasteiger partial charge is 0.325 e. The van der Waals surface area contributed by atoms with Crippen LogP contribution in [0.3, 0.4) is 0 Å². The Bertz CT molecular complexity index is 256. The smallest absolute Gasteiger partial charge is 0.0469 e. The third-order valence-corrected chi connectivity index (χ3v) is 3.04. The van der Waals surface area contributed by atoms with Gasteiger partial charge in [-0.25, -0.2) is 0 Å². The normalized spacial score (nSPS) is 23.6.